The van der Waals surface area contributed by atoms with Gasteiger partial charge in [0.15, 0.2) is 0 Å². The second kappa shape index (κ2) is 3.48. The first-order valence-electron chi connectivity index (χ1n) is 4.66. The lowest BCUT2D eigenvalue weighted by Gasteiger charge is -2.15. The van der Waals surface area contributed by atoms with Gasteiger partial charge in [0.05, 0.1) is 11.9 Å². The standard InChI is InChI=1S/C10H10F3N3/c1-6-3-2-4-8-15-5-7(16(6)8)9(14)10(11,12)13/h2-5,9H,14H2,1H3. The molecule has 2 N–H and O–H groups in total. The molecule has 6 heteroatoms. The molecule has 2 heterocycles. The summed E-state index contributed by atoms with van der Waals surface area (Å²) in [6.45, 7) is 1.71. The van der Waals surface area contributed by atoms with Crippen LogP contribution < -0.4 is 5.73 Å². The Balaban J connectivity index is 2.62. The van der Waals surface area contributed by atoms with Gasteiger partial charge in [-0.05, 0) is 19.1 Å². The van der Waals surface area contributed by atoms with E-state index in [9.17, 15) is 13.2 Å². The minimum Gasteiger partial charge on any atom is -0.315 e. The van der Waals surface area contributed by atoms with Crippen molar-refractivity contribution in [2.75, 3.05) is 0 Å². The van der Waals surface area contributed by atoms with Gasteiger partial charge >= 0.3 is 6.18 Å². The number of hydrogen-bond donors (Lipinski definition) is 1. The maximum Gasteiger partial charge on any atom is 0.409 e. The van der Waals surface area contributed by atoms with Crippen molar-refractivity contribution in [3.05, 3.63) is 35.8 Å². The zero-order valence-corrected chi connectivity index (χ0v) is 8.49. The molecular weight excluding hydrogens is 219 g/mol. The molecule has 0 amide bonds. The van der Waals surface area contributed by atoms with Crippen molar-refractivity contribution in [1.82, 2.24) is 9.38 Å². The van der Waals surface area contributed by atoms with Crippen molar-refractivity contribution in [3.63, 3.8) is 0 Å². The smallest absolute Gasteiger partial charge is 0.315 e. The Morgan fingerprint density at radius 1 is 1.38 bits per heavy atom. The second-order valence-corrected chi connectivity index (χ2v) is 3.56. The summed E-state index contributed by atoms with van der Waals surface area (Å²) in [6, 6.07) is 3.07. The summed E-state index contributed by atoms with van der Waals surface area (Å²) in [5, 5.41) is 0. The van der Waals surface area contributed by atoms with E-state index in [0.717, 1.165) is 0 Å². The third-order valence-electron chi connectivity index (χ3n) is 2.42. The molecule has 0 aliphatic heterocycles. The Kier molecular flexibility index (Phi) is 2.38. The highest BCUT2D eigenvalue weighted by atomic mass is 19.4. The number of alkyl halides is 3. The number of aromatic nitrogens is 2. The number of aryl methyl sites for hydroxylation is 1. The monoisotopic (exact) mass is 229 g/mol. The first-order valence-corrected chi connectivity index (χ1v) is 4.66. The average Bonchev–Trinajstić information content (AvgIpc) is 2.60. The number of hydrogen-bond acceptors (Lipinski definition) is 2. The third kappa shape index (κ3) is 1.65. The SMILES string of the molecule is Cc1cccc2ncc(C(N)C(F)(F)F)n12. The molecule has 0 aliphatic rings. The van der Waals surface area contributed by atoms with Crippen LogP contribution in [0.1, 0.15) is 17.4 Å². The quantitative estimate of drug-likeness (QED) is 0.814. The van der Waals surface area contributed by atoms with Crippen LogP contribution in [0.15, 0.2) is 24.4 Å². The van der Waals surface area contributed by atoms with Crippen LogP contribution in [0.4, 0.5) is 13.2 Å². The van der Waals surface area contributed by atoms with Crippen molar-refractivity contribution in [2.45, 2.75) is 19.1 Å². The number of halogens is 3. The van der Waals surface area contributed by atoms with E-state index in [1.54, 1.807) is 25.1 Å². The number of nitrogens with zero attached hydrogens (tertiary/aromatic N) is 2. The van der Waals surface area contributed by atoms with Crippen LogP contribution in [0.5, 0.6) is 0 Å². The van der Waals surface area contributed by atoms with Crippen molar-refractivity contribution >= 4 is 5.65 Å². The Labute approximate surface area is 89.7 Å². The molecule has 0 aliphatic carbocycles. The fourth-order valence-electron chi connectivity index (χ4n) is 1.62. The highest BCUT2D eigenvalue weighted by Crippen LogP contribution is 2.31. The summed E-state index contributed by atoms with van der Waals surface area (Å²) in [5.74, 6) is 0. The lowest BCUT2D eigenvalue weighted by molar-refractivity contribution is -0.150. The Bertz CT molecular complexity index is 515. The minimum atomic E-state index is -4.46. The molecule has 3 nitrogen and oxygen atoms in total. The predicted molar refractivity (Wildman–Crippen MR) is 52.9 cm³/mol. The summed E-state index contributed by atoms with van der Waals surface area (Å²) in [5.41, 5.74) is 6.26. The normalized spacial score (nSPS) is 14.3. The van der Waals surface area contributed by atoms with Gasteiger partial charge in [0.2, 0.25) is 0 Å². The molecule has 0 bridgehead atoms. The summed E-state index contributed by atoms with van der Waals surface area (Å²) in [6.07, 6.45) is -3.29. The molecule has 1 unspecified atom stereocenters. The molecule has 0 spiro atoms. The topological polar surface area (TPSA) is 43.3 Å². The molecule has 0 radical (unpaired) electrons. The maximum atomic E-state index is 12.5. The molecule has 0 fully saturated rings. The summed E-state index contributed by atoms with van der Waals surface area (Å²) in [4.78, 5) is 3.90. The Hall–Kier alpha value is -1.56. The summed E-state index contributed by atoms with van der Waals surface area (Å²) >= 11 is 0. The molecule has 1 atom stereocenters. The van der Waals surface area contributed by atoms with Crippen molar-refractivity contribution in [1.29, 1.82) is 0 Å². The van der Waals surface area contributed by atoms with E-state index < -0.39 is 12.2 Å². The van der Waals surface area contributed by atoms with Crippen LogP contribution in [-0.4, -0.2) is 15.6 Å². The zero-order chi connectivity index (χ0) is 11.9. The fraction of sp³-hybridized carbons (Fsp3) is 0.300. The summed E-state index contributed by atoms with van der Waals surface area (Å²) in [7, 11) is 0. The Morgan fingerprint density at radius 2 is 2.06 bits per heavy atom. The summed E-state index contributed by atoms with van der Waals surface area (Å²) < 4.78 is 38.9. The van der Waals surface area contributed by atoms with E-state index in [1.165, 1.54) is 10.6 Å². The van der Waals surface area contributed by atoms with E-state index in [0.29, 0.717) is 11.3 Å². The highest BCUT2D eigenvalue weighted by Gasteiger charge is 2.39. The number of pyridine rings is 1. The third-order valence-corrected chi connectivity index (χ3v) is 2.42. The second-order valence-electron chi connectivity index (χ2n) is 3.56. The van der Waals surface area contributed by atoms with Crippen LogP contribution in [0, 0.1) is 6.92 Å². The van der Waals surface area contributed by atoms with Gasteiger partial charge in [-0.2, -0.15) is 13.2 Å². The number of nitrogens with two attached hydrogens (primary N) is 1. The first-order chi connectivity index (χ1) is 7.41. The van der Waals surface area contributed by atoms with E-state index in [2.05, 4.69) is 4.98 Å². The molecule has 2 rings (SSSR count). The van der Waals surface area contributed by atoms with Gasteiger partial charge in [-0.1, -0.05) is 6.07 Å². The van der Waals surface area contributed by atoms with Gasteiger partial charge in [0.1, 0.15) is 11.7 Å². The van der Waals surface area contributed by atoms with Gasteiger partial charge < -0.3 is 5.73 Å². The largest absolute Gasteiger partial charge is 0.409 e. The van der Waals surface area contributed by atoms with Gasteiger partial charge in [-0.3, -0.25) is 4.40 Å². The first kappa shape index (κ1) is 10.9. The maximum absolute atomic E-state index is 12.5. The predicted octanol–water partition coefficient (Wildman–Crippen LogP) is 2.20. The van der Waals surface area contributed by atoms with Crippen LogP contribution in [0.25, 0.3) is 5.65 Å². The number of imidazole rings is 1. The van der Waals surface area contributed by atoms with Crippen LogP contribution in [-0.2, 0) is 0 Å². The molecular formula is C10H10F3N3. The fourth-order valence-corrected chi connectivity index (χ4v) is 1.62. The van der Waals surface area contributed by atoms with Crippen molar-refractivity contribution < 1.29 is 13.2 Å². The zero-order valence-electron chi connectivity index (χ0n) is 8.49. The highest BCUT2D eigenvalue weighted by molar-refractivity contribution is 5.43. The Morgan fingerprint density at radius 3 is 2.69 bits per heavy atom. The van der Waals surface area contributed by atoms with Gasteiger partial charge in [0, 0.05) is 5.69 Å². The number of rotatable bonds is 1. The van der Waals surface area contributed by atoms with E-state index in [-0.39, 0.29) is 5.69 Å². The molecule has 16 heavy (non-hydrogen) atoms. The van der Waals surface area contributed by atoms with Gasteiger partial charge in [-0.25, -0.2) is 4.98 Å². The van der Waals surface area contributed by atoms with Crippen LogP contribution in [0.3, 0.4) is 0 Å². The molecule has 0 saturated carbocycles. The van der Waals surface area contributed by atoms with Gasteiger partial charge in [0.25, 0.3) is 0 Å². The van der Waals surface area contributed by atoms with Crippen LogP contribution >= 0.6 is 0 Å². The molecule has 2 aromatic heterocycles. The van der Waals surface area contributed by atoms with E-state index >= 15 is 0 Å². The molecule has 0 aromatic carbocycles. The number of fused-ring (bicyclic) bond motifs is 1. The van der Waals surface area contributed by atoms with Crippen molar-refractivity contribution in [3.8, 4) is 0 Å². The molecule has 0 saturated heterocycles. The van der Waals surface area contributed by atoms with E-state index in [4.69, 9.17) is 5.73 Å². The minimum absolute atomic E-state index is 0.0411. The lowest BCUT2D eigenvalue weighted by Crippen LogP contribution is -2.29. The molecule has 2 aromatic rings. The van der Waals surface area contributed by atoms with Crippen LogP contribution in [0.2, 0.25) is 0 Å². The van der Waals surface area contributed by atoms with E-state index in [1.807, 2.05) is 0 Å². The molecule has 86 valence electrons. The lowest BCUT2D eigenvalue weighted by atomic mass is 10.2. The van der Waals surface area contributed by atoms with Crippen molar-refractivity contribution in [2.24, 2.45) is 5.73 Å². The average molecular weight is 229 g/mol. The van der Waals surface area contributed by atoms with Gasteiger partial charge in [-0.15, -0.1) is 0 Å².